The summed E-state index contributed by atoms with van der Waals surface area (Å²) in [5, 5.41) is 5.84. The van der Waals surface area contributed by atoms with Crippen LogP contribution in [0, 0.1) is 12.8 Å². The number of hydrogen-bond acceptors (Lipinski definition) is 6. The number of aryl methyl sites for hydroxylation is 1. The summed E-state index contributed by atoms with van der Waals surface area (Å²) >= 11 is 1.55. The molecule has 164 valence electrons. The maximum atomic E-state index is 13.4. The Bertz CT molecular complexity index is 980. The van der Waals surface area contributed by atoms with E-state index >= 15 is 0 Å². The van der Waals surface area contributed by atoms with Gasteiger partial charge in [0.1, 0.15) is 5.69 Å². The first kappa shape index (κ1) is 22.7. The summed E-state index contributed by atoms with van der Waals surface area (Å²) in [6, 6.07) is 3.87. The first-order valence-corrected chi connectivity index (χ1v) is 12.6. The number of hydrogen-bond donors (Lipinski definition) is 0. The van der Waals surface area contributed by atoms with Crippen molar-refractivity contribution in [1.29, 1.82) is 0 Å². The topological polar surface area (TPSA) is 83.7 Å². The van der Waals surface area contributed by atoms with E-state index in [2.05, 4.69) is 12.1 Å². The fourth-order valence-corrected chi connectivity index (χ4v) is 6.04. The van der Waals surface area contributed by atoms with Gasteiger partial charge in [-0.3, -0.25) is 4.79 Å². The van der Waals surface area contributed by atoms with E-state index in [9.17, 15) is 13.2 Å². The molecule has 2 aromatic rings. The third-order valence-corrected chi connectivity index (χ3v) is 8.19. The molecule has 1 amide bonds. The van der Waals surface area contributed by atoms with Crippen LogP contribution in [-0.2, 0) is 14.8 Å². The molecule has 1 aliphatic rings. The average Bonchev–Trinajstić information content (AvgIpc) is 3.39. The summed E-state index contributed by atoms with van der Waals surface area (Å²) in [5.41, 5.74) is 0.328. The van der Waals surface area contributed by atoms with Crippen molar-refractivity contribution in [3.63, 3.8) is 0 Å². The number of thiophene rings is 1. The summed E-state index contributed by atoms with van der Waals surface area (Å²) in [5.74, 6) is -0.0849. The normalized spacial score (nSPS) is 18.2. The second-order valence-electron chi connectivity index (χ2n) is 7.63. The molecule has 1 saturated heterocycles. The third kappa shape index (κ3) is 5.01. The maximum absolute atomic E-state index is 13.4. The van der Waals surface area contributed by atoms with Crippen LogP contribution in [0.15, 0.2) is 26.9 Å². The van der Waals surface area contributed by atoms with Crippen molar-refractivity contribution in [2.75, 3.05) is 26.7 Å². The van der Waals surface area contributed by atoms with Crippen LogP contribution in [0.5, 0.6) is 0 Å². The van der Waals surface area contributed by atoms with Crippen LogP contribution in [0.25, 0.3) is 12.2 Å². The van der Waals surface area contributed by atoms with E-state index in [4.69, 9.17) is 4.52 Å². The van der Waals surface area contributed by atoms with Crippen LogP contribution in [0.1, 0.15) is 48.9 Å². The molecule has 1 unspecified atom stereocenters. The Balaban J connectivity index is 1.80. The molecule has 0 radical (unpaired) electrons. The molecule has 0 aliphatic carbocycles. The Morgan fingerprint density at radius 2 is 2.23 bits per heavy atom. The van der Waals surface area contributed by atoms with Crippen LogP contribution in [0.2, 0.25) is 0 Å². The minimum absolute atomic E-state index is 0.0169. The van der Waals surface area contributed by atoms with Crippen LogP contribution >= 0.6 is 11.3 Å². The second kappa shape index (κ2) is 9.89. The zero-order chi connectivity index (χ0) is 21.7. The fourth-order valence-electron chi connectivity index (χ4n) is 3.65. The molecule has 0 saturated carbocycles. The van der Waals surface area contributed by atoms with Gasteiger partial charge in [-0.25, -0.2) is 8.42 Å². The highest BCUT2D eigenvalue weighted by molar-refractivity contribution is 7.89. The molecule has 1 atom stereocenters. The molecule has 30 heavy (non-hydrogen) atoms. The van der Waals surface area contributed by atoms with E-state index in [-0.39, 0.29) is 29.0 Å². The Morgan fingerprint density at radius 3 is 2.93 bits per heavy atom. The van der Waals surface area contributed by atoms with E-state index in [1.54, 1.807) is 36.3 Å². The summed E-state index contributed by atoms with van der Waals surface area (Å²) < 4.78 is 33.6. The van der Waals surface area contributed by atoms with Crippen molar-refractivity contribution in [2.45, 2.75) is 44.4 Å². The van der Waals surface area contributed by atoms with Crippen molar-refractivity contribution >= 4 is 39.4 Å². The number of rotatable bonds is 8. The van der Waals surface area contributed by atoms with Gasteiger partial charge in [0.05, 0.1) is 5.92 Å². The van der Waals surface area contributed by atoms with Gasteiger partial charge in [0.15, 0.2) is 10.7 Å². The van der Waals surface area contributed by atoms with Gasteiger partial charge >= 0.3 is 0 Å². The van der Waals surface area contributed by atoms with Gasteiger partial charge in [-0.15, -0.1) is 11.3 Å². The number of nitrogens with zero attached hydrogens (tertiary/aromatic N) is 3. The quantitative estimate of drug-likeness (QED) is 0.608. The molecule has 0 spiro atoms. The Hall–Kier alpha value is -1.97. The highest BCUT2D eigenvalue weighted by atomic mass is 32.2. The number of unbranched alkanes of at least 4 members (excludes halogenated alkanes) is 1. The Kier molecular flexibility index (Phi) is 7.49. The number of aromatic nitrogens is 1. The van der Waals surface area contributed by atoms with Gasteiger partial charge < -0.3 is 9.42 Å². The highest BCUT2D eigenvalue weighted by Gasteiger charge is 2.37. The van der Waals surface area contributed by atoms with Crippen molar-refractivity contribution in [3.8, 4) is 0 Å². The molecule has 0 N–H and O–H groups in total. The smallest absolute Gasteiger partial charge is 0.248 e. The van der Waals surface area contributed by atoms with E-state index in [1.165, 1.54) is 4.31 Å². The standard InChI is InChI=1S/C21H29N3O4S2/c1-4-5-12-23(3)21(25)17-8-6-13-24(15-17)30(26,27)20-16(2)22-28-19(20)11-10-18-9-7-14-29-18/h7,9-11,14,17H,4-6,8,12-13,15H2,1-3H3. The van der Waals surface area contributed by atoms with Crippen molar-refractivity contribution in [1.82, 2.24) is 14.4 Å². The van der Waals surface area contributed by atoms with Crippen LogP contribution in [-0.4, -0.2) is 55.4 Å². The van der Waals surface area contributed by atoms with Crippen molar-refractivity contribution in [2.24, 2.45) is 5.92 Å². The highest BCUT2D eigenvalue weighted by Crippen LogP contribution is 2.30. The van der Waals surface area contributed by atoms with Gasteiger partial charge in [0.25, 0.3) is 0 Å². The Labute approximate surface area is 182 Å². The minimum atomic E-state index is -3.82. The van der Waals surface area contributed by atoms with Crippen LogP contribution < -0.4 is 0 Å². The summed E-state index contributed by atoms with van der Waals surface area (Å²) in [7, 11) is -2.03. The lowest BCUT2D eigenvalue weighted by Gasteiger charge is -2.33. The molecule has 1 aliphatic heterocycles. The molecule has 1 fully saturated rings. The molecule has 7 nitrogen and oxygen atoms in total. The lowest BCUT2D eigenvalue weighted by Crippen LogP contribution is -2.46. The second-order valence-corrected chi connectivity index (χ2v) is 10.5. The summed E-state index contributed by atoms with van der Waals surface area (Å²) in [6.07, 6.45) is 6.77. The number of carbonyl (C=O) groups is 1. The van der Waals surface area contributed by atoms with E-state index in [1.807, 2.05) is 23.6 Å². The van der Waals surface area contributed by atoms with Gasteiger partial charge in [-0.2, -0.15) is 4.31 Å². The first-order valence-electron chi connectivity index (χ1n) is 10.3. The lowest BCUT2D eigenvalue weighted by atomic mass is 9.98. The molecule has 3 rings (SSSR count). The minimum Gasteiger partial charge on any atom is -0.355 e. The number of piperidine rings is 1. The zero-order valence-corrected chi connectivity index (χ0v) is 19.3. The molecule has 0 aromatic carbocycles. The number of sulfonamides is 1. The largest absolute Gasteiger partial charge is 0.355 e. The molecule has 0 bridgehead atoms. The lowest BCUT2D eigenvalue weighted by molar-refractivity contribution is -0.135. The number of amides is 1. The molecular formula is C21H29N3O4S2. The molecule has 9 heteroatoms. The van der Waals surface area contributed by atoms with E-state index < -0.39 is 10.0 Å². The first-order chi connectivity index (χ1) is 14.3. The third-order valence-electron chi connectivity index (χ3n) is 5.33. The van der Waals surface area contributed by atoms with Gasteiger partial charge in [-0.05, 0) is 49.8 Å². The monoisotopic (exact) mass is 451 g/mol. The van der Waals surface area contributed by atoms with E-state index in [0.29, 0.717) is 31.6 Å². The molecule has 3 heterocycles. The summed E-state index contributed by atoms with van der Waals surface area (Å²) in [4.78, 5) is 15.6. The van der Waals surface area contributed by atoms with Crippen molar-refractivity contribution < 1.29 is 17.7 Å². The van der Waals surface area contributed by atoms with Gasteiger partial charge in [-0.1, -0.05) is 24.6 Å². The zero-order valence-electron chi connectivity index (χ0n) is 17.7. The predicted octanol–water partition coefficient (Wildman–Crippen LogP) is 3.87. The maximum Gasteiger partial charge on any atom is 0.248 e. The van der Waals surface area contributed by atoms with Crippen molar-refractivity contribution in [3.05, 3.63) is 33.8 Å². The SMILES string of the molecule is CCCCN(C)C(=O)C1CCCN(S(=O)(=O)c2c(C)noc2C=Cc2cccs2)C1. The van der Waals surface area contributed by atoms with E-state index in [0.717, 1.165) is 17.7 Å². The molecular weight excluding hydrogens is 422 g/mol. The van der Waals surface area contributed by atoms with Crippen LogP contribution in [0.4, 0.5) is 0 Å². The molecule has 2 aromatic heterocycles. The van der Waals surface area contributed by atoms with Gasteiger partial charge in [0, 0.05) is 31.6 Å². The van der Waals surface area contributed by atoms with Gasteiger partial charge in [0.2, 0.25) is 15.9 Å². The Morgan fingerprint density at radius 1 is 1.43 bits per heavy atom. The predicted molar refractivity (Wildman–Crippen MR) is 119 cm³/mol. The fraction of sp³-hybridized carbons (Fsp3) is 0.524. The summed E-state index contributed by atoms with van der Waals surface area (Å²) in [6.45, 7) is 4.99. The van der Waals surface area contributed by atoms with Crippen LogP contribution in [0.3, 0.4) is 0 Å². The average molecular weight is 452 g/mol. The number of carbonyl (C=O) groups excluding carboxylic acids is 1.